The SMILES string of the molecule is COc1ccc(S(=O)(=O)c2cnc(SCC(=O)NCc3ccc(Cl)cc3)[nH]c2=O)cc1. The van der Waals surface area contributed by atoms with Gasteiger partial charge in [-0.25, -0.2) is 13.4 Å². The number of rotatable bonds is 8. The molecule has 8 nitrogen and oxygen atoms in total. The molecule has 0 bridgehead atoms. The molecular weight excluding hydrogens is 462 g/mol. The van der Waals surface area contributed by atoms with E-state index >= 15 is 0 Å². The first kappa shape index (κ1) is 22.9. The summed E-state index contributed by atoms with van der Waals surface area (Å²) in [6, 6.07) is 12.7. The first-order valence-corrected chi connectivity index (χ1v) is 11.8. The van der Waals surface area contributed by atoms with Crippen molar-refractivity contribution in [1.29, 1.82) is 0 Å². The molecule has 0 atom stereocenters. The molecule has 2 N–H and O–H groups in total. The van der Waals surface area contributed by atoms with Crippen molar-refractivity contribution >= 4 is 39.1 Å². The van der Waals surface area contributed by atoms with Gasteiger partial charge in [0, 0.05) is 11.6 Å². The van der Waals surface area contributed by atoms with Gasteiger partial charge in [-0.3, -0.25) is 9.59 Å². The quantitative estimate of drug-likeness (QED) is 0.376. The Hall–Kier alpha value is -2.82. The number of H-pyrrole nitrogens is 1. The first-order chi connectivity index (χ1) is 14.8. The Bertz CT molecular complexity index is 1230. The number of sulfone groups is 1. The summed E-state index contributed by atoms with van der Waals surface area (Å²) < 4.78 is 30.4. The van der Waals surface area contributed by atoms with Gasteiger partial charge in [0.2, 0.25) is 15.7 Å². The van der Waals surface area contributed by atoms with Crippen molar-refractivity contribution < 1.29 is 17.9 Å². The van der Waals surface area contributed by atoms with Crippen molar-refractivity contribution in [2.24, 2.45) is 0 Å². The van der Waals surface area contributed by atoms with Crippen molar-refractivity contribution in [1.82, 2.24) is 15.3 Å². The molecule has 0 saturated heterocycles. The molecule has 11 heteroatoms. The van der Waals surface area contributed by atoms with Crippen LogP contribution in [0.15, 0.2) is 74.5 Å². The molecule has 1 heterocycles. The van der Waals surface area contributed by atoms with Crippen LogP contribution in [0.2, 0.25) is 5.02 Å². The number of aromatic nitrogens is 2. The van der Waals surface area contributed by atoms with Gasteiger partial charge < -0.3 is 15.0 Å². The smallest absolute Gasteiger partial charge is 0.270 e. The Labute approximate surface area is 187 Å². The maximum Gasteiger partial charge on any atom is 0.270 e. The molecular formula is C20H18ClN3O5S2. The van der Waals surface area contributed by atoms with Gasteiger partial charge in [-0.1, -0.05) is 35.5 Å². The van der Waals surface area contributed by atoms with Gasteiger partial charge in [0.1, 0.15) is 5.75 Å². The fourth-order valence-corrected chi connectivity index (χ4v) is 4.52. The summed E-state index contributed by atoms with van der Waals surface area (Å²) in [5.41, 5.74) is 0.0808. The largest absolute Gasteiger partial charge is 0.497 e. The van der Waals surface area contributed by atoms with E-state index in [2.05, 4.69) is 15.3 Å². The van der Waals surface area contributed by atoms with E-state index in [1.807, 2.05) is 0 Å². The van der Waals surface area contributed by atoms with E-state index in [0.717, 1.165) is 23.5 Å². The lowest BCUT2D eigenvalue weighted by molar-refractivity contribution is -0.118. The molecule has 0 radical (unpaired) electrons. The van der Waals surface area contributed by atoms with Crippen LogP contribution in [0, 0.1) is 0 Å². The van der Waals surface area contributed by atoms with Gasteiger partial charge in [0.05, 0.1) is 24.0 Å². The van der Waals surface area contributed by atoms with E-state index in [-0.39, 0.29) is 21.7 Å². The van der Waals surface area contributed by atoms with Gasteiger partial charge in [-0.15, -0.1) is 0 Å². The number of halogens is 1. The number of benzene rings is 2. The number of aromatic amines is 1. The molecule has 2 aromatic carbocycles. The van der Waals surface area contributed by atoms with Crippen LogP contribution in [0.3, 0.4) is 0 Å². The molecule has 3 aromatic rings. The molecule has 1 aromatic heterocycles. The van der Waals surface area contributed by atoms with Crippen molar-refractivity contribution in [3.63, 3.8) is 0 Å². The lowest BCUT2D eigenvalue weighted by atomic mass is 10.2. The molecule has 0 aliphatic carbocycles. The highest BCUT2D eigenvalue weighted by molar-refractivity contribution is 7.99. The number of hydrogen-bond donors (Lipinski definition) is 2. The minimum Gasteiger partial charge on any atom is -0.497 e. The summed E-state index contributed by atoms with van der Waals surface area (Å²) >= 11 is 6.81. The summed E-state index contributed by atoms with van der Waals surface area (Å²) in [5, 5.41) is 3.49. The van der Waals surface area contributed by atoms with Crippen LogP contribution in [0.5, 0.6) is 5.75 Å². The van der Waals surface area contributed by atoms with Crippen molar-refractivity contribution in [2.45, 2.75) is 21.5 Å². The molecule has 0 aliphatic heterocycles. The maximum absolute atomic E-state index is 12.7. The number of ether oxygens (including phenoxy) is 1. The average molecular weight is 480 g/mol. The minimum absolute atomic E-state index is 0.00110. The maximum atomic E-state index is 12.7. The fourth-order valence-electron chi connectivity index (χ4n) is 2.50. The van der Waals surface area contributed by atoms with Gasteiger partial charge in [-0.05, 0) is 42.0 Å². The average Bonchev–Trinajstić information content (AvgIpc) is 2.77. The fraction of sp³-hybridized carbons (Fsp3) is 0.150. The Kier molecular flexibility index (Phi) is 7.37. The summed E-state index contributed by atoms with van der Waals surface area (Å²) in [6.45, 7) is 0.333. The third kappa shape index (κ3) is 5.87. The van der Waals surface area contributed by atoms with E-state index in [1.54, 1.807) is 24.3 Å². The van der Waals surface area contributed by atoms with E-state index < -0.39 is 20.3 Å². The highest BCUT2D eigenvalue weighted by Crippen LogP contribution is 2.21. The molecule has 0 aliphatic rings. The zero-order valence-corrected chi connectivity index (χ0v) is 18.7. The van der Waals surface area contributed by atoms with Gasteiger partial charge >= 0.3 is 0 Å². The number of amides is 1. The number of hydrogen-bond acceptors (Lipinski definition) is 7. The molecule has 0 saturated carbocycles. The monoisotopic (exact) mass is 479 g/mol. The Balaban J connectivity index is 1.62. The topological polar surface area (TPSA) is 118 Å². The van der Waals surface area contributed by atoms with Crippen LogP contribution in [-0.4, -0.2) is 37.2 Å². The number of nitrogens with zero attached hydrogens (tertiary/aromatic N) is 1. The molecule has 0 unspecified atom stereocenters. The van der Waals surface area contributed by atoms with Crippen LogP contribution >= 0.6 is 23.4 Å². The van der Waals surface area contributed by atoms with E-state index in [9.17, 15) is 18.0 Å². The molecule has 0 fully saturated rings. The predicted molar refractivity (Wildman–Crippen MR) is 117 cm³/mol. The van der Waals surface area contributed by atoms with Crippen LogP contribution in [0.25, 0.3) is 0 Å². The van der Waals surface area contributed by atoms with Crippen molar-refractivity contribution in [2.75, 3.05) is 12.9 Å². The Morgan fingerprint density at radius 3 is 2.45 bits per heavy atom. The second-order valence-corrected chi connectivity index (χ2v) is 9.57. The summed E-state index contributed by atoms with van der Waals surface area (Å²) in [7, 11) is -2.58. The molecule has 0 spiro atoms. The second kappa shape index (κ2) is 9.99. The third-order valence-electron chi connectivity index (χ3n) is 4.15. The second-order valence-electron chi connectivity index (χ2n) is 6.25. The van der Waals surface area contributed by atoms with Gasteiger partial charge in [-0.2, -0.15) is 0 Å². The Morgan fingerprint density at radius 2 is 1.84 bits per heavy atom. The van der Waals surface area contributed by atoms with Gasteiger partial charge in [0.15, 0.2) is 10.1 Å². The summed E-state index contributed by atoms with van der Waals surface area (Å²) in [4.78, 5) is 30.2. The molecule has 1 amide bonds. The zero-order chi connectivity index (χ0) is 22.4. The van der Waals surface area contributed by atoms with E-state index in [1.165, 1.54) is 31.4 Å². The zero-order valence-electron chi connectivity index (χ0n) is 16.3. The van der Waals surface area contributed by atoms with Crippen LogP contribution in [0.4, 0.5) is 0 Å². The standard InChI is InChI=1S/C20H18ClN3O5S2/c1-29-15-6-8-16(9-7-15)31(27,28)17-11-23-20(24-19(17)26)30-12-18(25)22-10-13-2-4-14(21)5-3-13/h2-9,11H,10,12H2,1H3,(H,22,25)(H,23,24,26). The highest BCUT2D eigenvalue weighted by atomic mass is 35.5. The predicted octanol–water partition coefficient (Wildman–Crippen LogP) is 2.67. The first-order valence-electron chi connectivity index (χ1n) is 8.92. The number of thioether (sulfide) groups is 1. The van der Waals surface area contributed by atoms with Crippen molar-refractivity contribution in [3.05, 3.63) is 75.7 Å². The van der Waals surface area contributed by atoms with Crippen LogP contribution in [-0.2, 0) is 21.2 Å². The summed E-state index contributed by atoms with van der Waals surface area (Å²) in [5.74, 6) is 0.228. The normalized spacial score (nSPS) is 11.2. The van der Waals surface area contributed by atoms with Crippen molar-refractivity contribution in [3.8, 4) is 5.75 Å². The molecule has 162 valence electrons. The number of methoxy groups -OCH3 is 1. The lowest BCUT2D eigenvalue weighted by Crippen LogP contribution is -2.25. The molecule has 3 rings (SSSR count). The van der Waals surface area contributed by atoms with Crippen LogP contribution < -0.4 is 15.6 Å². The Morgan fingerprint density at radius 1 is 1.16 bits per heavy atom. The lowest BCUT2D eigenvalue weighted by Gasteiger charge is -2.07. The minimum atomic E-state index is -4.04. The number of carbonyl (C=O) groups is 1. The summed E-state index contributed by atoms with van der Waals surface area (Å²) in [6.07, 6.45) is 0.992. The van der Waals surface area contributed by atoms with Gasteiger partial charge in [0.25, 0.3) is 5.56 Å². The highest BCUT2D eigenvalue weighted by Gasteiger charge is 2.22. The van der Waals surface area contributed by atoms with E-state index in [4.69, 9.17) is 16.3 Å². The third-order valence-corrected chi connectivity index (χ3v) is 7.05. The van der Waals surface area contributed by atoms with E-state index in [0.29, 0.717) is 17.3 Å². The van der Waals surface area contributed by atoms with Crippen LogP contribution in [0.1, 0.15) is 5.56 Å². The number of nitrogens with one attached hydrogen (secondary N) is 2. The number of carbonyl (C=O) groups excluding carboxylic acids is 1. The molecule has 31 heavy (non-hydrogen) atoms.